The second-order valence-corrected chi connectivity index (χ2v) is 9.29. The molecule has 0 aromatic heterocycles. The van der Waals surface area contributed by atoms with Crippen LogP contribution in [0.2, 0.25) is 0 Å². The van der Waals surface area contributed by atoms with Gasteiger partial charge in [0.2, 0.25) is 0 Å². The molecule has 0 heterocycles. The van der Waals surface area contributed by atoms with Crippen LogP contribution in [-0.4, -0.2) is 0 Å². The number of allylic oxidation sites excluding steroid dienone is 10. The molecule has 0 radical (unpaired) electrons. The molecule has 2 aliphatic rings. The van der Waals surface area contributed by atoms with Crippen molar-refractivity contribution in [3.05, 3.63) is 126 Å². The zero-order valence-electron chi connectivity index (χ0n) is 14.7. The van der Waals surface area contributed by atoms with Crippen molar-refractivity contribution in [3.8, 4) is 0 Å². The first-order chi connectivity index (χ1) is 12.4. The van der Waals surface area contributed by atoms with E-state index < -0.39 is 23.2 Å². The molecule has 4 rings (SSSR count). The molecular weight excluding hydrogens is 450 g/mol. The maximum atomic E-state index is 2.31. The second-order valence-electron chi connectivity index (χ2n) is 6.02. The molecule has 0 saturated carbocycles. The van der Waals surface area contributed by atoms with Crippen LogP contribution in [0.15, 0.2) is 115 Å². The Morgan fingerprint density at radius 1 is 0.556 bits per heavy atom. The summed E-state index contributed by atoms with van der Waals surface area (Å²) in [6, 6.07) is 21.2. The second kappa shape index (κ2) is 10.6. The van der Waals surface area contributed by atoms with Crippen molar-refractivity contribution in [1.29, 1.82) is 0 Å². The van der Waals surface area contributed by atoms with Crippen molar-refractivity contribution < 1.29 is 23.2 Å². The Balaban J connectivity index is 0.00000131. The van der Waals surface area contributed by atoms with E-state index in [-0.39, 0.29) is 24.8 Å². The summed E-state index contributed by atoms with van der Waals surface area (Å²) in [4.78, 5) is 0. The molecule has 2 aromatic carbocycles. The molecule has 0 atom stereocenters. The van der Waals surface area contributed by atoms with E-state index in [2.05, 4.69) is 109 Å². The predicted molar refractivity (Wildman–Crippen MR) is 118 cm³/mol. The van der Waals surface area contributed by atoms with Crippen LogP contribution >= 0.6 is 24.8 Å². The third kappa shape index (κ3) is 5.66. The third-order valence-corrected chi connectivity index (χ3v) is 7.77. The molecule has 0 fully saturated rings. The fourth-order valence-electron chi connectivity index (χ4n) is 2.95. The Morgan fingerprint density at radius 2 is 0.963 bits per heavy atom. The van der Waals surface area contributed by atoms with Crippen LogP contribution in [0.3, 0.4) is 0 Å². The van der Waals surface area contributed by atoms with Gasteiger partial charge in [-0.25, -0.2) is 0 Å². The molecule has 2 aromatic rings. The molecule has 0 nitrogen and oxygen atoms in total. The first kappa shape index (κ1) is 21.6. The van der Waals surface area contributed by atoms with Crippen LogP contribution in [0.1, 0.15) is 11.1 Å². The molecule has 0 amide bonds. The summed E-state index contributed by atoms with van der Waals surface area (Å²) in [5, 5.41) is 0. The Labute approximate surface area is 185 Å². The summed E-state index contributed by atoms with van der Waals surface area (Å²) in [6.45, 7) is 0. The summed E-state index contributed by atoms with van der Waals surface area (Å²) in [5.41, 5.74) is 5.30. The summed E-state index contributed by atoms with van der Waals surface area (Å²) in [6.07, 6.45) is 18.1. The molecule has 0 aliphatic heterocycles. The van der Waals surface area contributed by atoms with Crippen molar-refractivity contribution in [3.63, 3.8) is 0 Å². The van der Waals surface area contributed by atoms with Gasteiger partial charge in [0.1, 0.15) is 0 Å². The van der Waals surface area contributed by atoms with Gasteiger partial charge in [-0.05, 0) is 0 Å². The number of hydrogen-bond acceptors (Lipinski definition) is 0. The number of halogens is 2. The van der Waals surface area contributed by atoms with Crippen molar-refractivity contribution >= 4 is 37.0 Å². The van der Waals surface area contributed by atoms with Crippen LogP contribution in [0.25, 0.3) is 12.2 Å². The van der Waals surface area contributed by atoms with E-state index in [9.17, 15) is 0 Å². The molecule has 0 unspecified atom stereocenters. The zero-order chi connectivity index (χ0) is 16.9. The van der Waals surface area contributed by atoms with Crippen molar-refractivity contribution in [1.82, 2.24) is 0 Å². The first-order valence-corrected chi connectivity index (χ1v) is 10.9. The van der Waals surface area contributed by atoms with Crippen molar-refractivity contribution in [2.75, 3.05) is 0 Å². The van der Waals surface area contributed by atoms with E-state index in [0.717, 1.165) is 0 Å². The minimum absolute atomic E-state index is 0. The molecule has 0 spiro atoms. The molecule has 3 heteroatoms. The molecule has 134 valence electrons. The Kier molecular flexibility index (Phi) is 8.51. The topological polar surface area (TPSA) is 0 Å². The quantitative estimate of drug-likeness (QED) is 0.452. The van der Waals surface area contributed by atoms with Crippen LogP contribution < -0.4 is 0 Å². The average Bonchev–Trinajstić information content (AvgIpc) is 3.27. The maximum absolute atomic E-state index is 2.31. The van der Waals surface area contributed by atoms with Gasteiger partial charge < -0.3 is 0 Å². The van der Waals surface area contributed by atoms with Crippen LogP contribution in [0.5, 0.6) is 0 Å². The number of hydrogen-bond donors (Lipinski definition) is 0. The largest absolute Gasteiger partial charge is 0.147 e. The van der Waals surface area contributed by atoms with E-state index in [1.807, 2.05) is 0 Å². The smallest absolute Gasteiger partial charge is 0.147 e. The molecule has 0 N–H and O–H groups in total. The average molecular weight is 471 g/mol. The van der Waals surface area contributed by atoms with Gasteiger partial charge in [-0.1, -0.05) is 0 Å². The molecule has 2 aliphatic carbocycles. The zero-order valence-corrected chi connectivity index (χ0v) is 18.8. The fourth-order valence-corrected chi connectivity index (χ4v) is 6.02. The SMILES string of the molecule is C1=CC(=Cc2ccccc2)[C]([Zr][C]2=CC=CC2=Cc2ccccc2)=C1.Cl.Cl. The number of rotatable bonds is 4. The Morgan fingerprint density at radius 3 is 1.37 bits per heavy atom. The van der Waals surface area contributed by atoms with Gasteiger partial charge >= 0.3 is 161 Å². The minimum atomic E-state index is -0.828. The van der Waals surface area contributed by atoms with Crippen LogP contribution in [0.4, 0.5) is 0 Å². The van der Waals surface area contributed by atoms with E-state index in [0.29, 0.717) is 0 Å². The van der Waals surface area contributed by atoms with Gasteiger partial charge in [-0.2, -0.15) is 0 Å². The fraction of sp³-hybridized carbons (Fsp3) is 0. The maximum Gasteiger partial charge on any atom is -0.147 e. The van der Waals surface area contributed by atoms with Gasteiger partial charge in [0.15, 0.2) is 0 Å². The first-order valence-electron chi connectivity index (χ1n) is 8.46. The summed E-state index contributed by atoms with van der Waals surface area (Å²) in [7, 11) is 0. The monoisotopic (exact) mass is 468 g/mol. The van der Waals surface area contributed by atoms with E-state index >= 15 is 0 Å². The molecule has 0 saturated heterocycles. The standard InChI is InChI=1S/2C12H9.2ClH.Zr/c2*1-2-6-11(7-3-1)10-12-8-4-5-9-12;;;/h2*1-8,10H;2*1H;. The van der Waals surface area contributed by atoms with Gasteiger partial charge in [0.25, 0.3) is 0 Å². The Bertz CT molecular complexity index is 867. The van der Waals surface area contributed by atoms with Crippen molar-refractivity contribution in [2.45, 2.75) is 0 Å². The number of benzene rings is 2. The predicted octanol–water partition coefficient (Wildman–Crippen LogP) is 6.99. The summed E-state index contributed by atoms with van der Waals surface area (Å²) < 4.78 is 3.09. The van der Waals surface area contributed by atoms with Crippen LogP contribution in [0, 0.1) is 0 Å². The summed E-state index contributed by atoms with van der Waals surface area (Å²) >= 11 is -0.828. The van der Waals surface area contributed by atoms with Gasteiger partial charge in [-0.15, -0.1) is 24.8 Å². The summed E-state index contributed by atoms with van der Waals surface area (Å²) in [5.74, 6) is 0. The van der Waals surface area contributed by atoms with Gasteiger partial charge in [0.05, 0.1) is 0 Å². The third-order valence-electron chi connectivity index (χ3n) is 4.21. The molecular formula is C24H20Cl2Zr. The van der Waals surface area contributed by atoms with Gasteiger partial charge in [0, 0.05) is 0 Å². The normalized spacial score (nSPS) is 17.3. The van der Waals surface area contributed by atoms with E-state index in [1.165, 1.54) is 22.3 Å². The van der Waals surface area contributed by atoms with Crippen LogP contribution in [-0.2, 0) is 23.2 Å². The van der Waals surface area contributed by atoms with Gasteiger partial charge in [-0.3, -0.25) is 0 Å². The molecule has 27 heavy (non-hydrogen) atoms. The molecule has 0 bridgehead atoms. The van der Waals surface area contributed by atoms with Crippen molar-refractivity contribution in [2.24, 2.45) is 0 Å². The van der Waals surface area contributed by atoms with E-state index in [4.69, 9.17) is 0 Å². The Hall–Kier alpha value is -1.66. The minimum Gasteiger partial charge on any atom is -0.147 e. The van der Waals surface area contributed by atoms with E-state index in [1.54, 1.807) is 6.56 Å².